The number of sulfonamides is 1. The highest BCUT2D eigenvalue weighted by Gasteiger charge is 2.43. The summed E-state index contributed by atoms with van der Waals surface area (Å²) in [5, 5.41) is 4.13. The normalized spacial score (nSPS) is 17.5. The lowest BCUT2D eigenvalue weighted by Gasteiger charge is -2.29. The largest absolute Gasteiger partial charge is 0.351 e. The van der Waals surface area contributed by atoms with Gasteiger partial charge in [-0.2, -0.15) is 0 Å². The van der Waals surface area contributed by atoms with Crippen molar-refractivity contribution in [2.45, 2.75) is 39.8 Å². The molecule has 38 heavy (non-hydrogen) atoms. The Labute approximate surface area is 229 Å². The van der Waals surface area contributed by atoms with Crippen molar-refractivity contribution in [2.24, 2.45) is 0 Å². The van der Waals surface area contributed by atoms with Gasteiger partial charge in [-0.05, 0) is 93.5 Å². The predicted octanol–water partition coefficient (Wildman–Crippen LogP) is 5.65. The van der Waals surface area contributed by atoms with E-state index >= 15 is 0 Å². The molecule has 196 valence electrons. The average molecular weight is 546 g/mol. The predicted molar refractivity (Wildman–Crippen MR) is 158 cm³/mol. The Morgan fingerprint density at radius 2 is 1.63 bits per heavy atom. The van der Waals surface area contributed by atoms with Crippen LogP contribution in [0, 0.1) is 27.7 Å². The van der Waals surface area contributed by atoms with Gasteiger partial charge in [-0.1, -0.05) is 24.3 Å². The van der Waals surface area contributed by atoms with Gasteiger partial charge in [-0.15, -0.1) is 0 Å². The van der Waals surface area contributed by atoms with E-state index in [2.05, 4.69) is 57.4 Å². The van der Waals surface area contributed by atoms with Crippen LogP contribution in [0.15, 0.2) is 72.9 Å². The summed E-state index contributed by atoms with van der Waals surface area (Å²) in [6.07, 6.45) is 2.95. The molecule has 1 fully saturated rings. The number of rotatable bonds is 6. The van der Waals surface area contributed by atoms with E-state index in [4.69, 9.17) is 12.2 Å². The second-order valence-electron chi connectivity index (χ2n) is 9.75. The lowest BCUT2D eigenvalue weighted by atomic mass is 9.93. The van der Waals surface area contributed by atoms with Gasteiger partial charge in [0.05, 0.1) is 29.7 Å². The molecule has 0 radical (unpaired) electrons. The van der Waals surface area contributed by atoms with E-state index in [1.807, 2.05) is 55.5 Å². The molecule has 0 aliphatic carbocycles. The Hall–Kier alpha value is -3.69. The number of hydrogen-bond acceptors (Lipinski definition) is 4. The number of nitrogens with zero attached hydrogens (tertiary/aromatic N) is 3. The van der Waals surface area contributed by atoms with Crippen LogP contribution < -0.4 is 14.9 Å². The van der Waals surface area contributed by atoms with Gasteiger partial charge in [0.25, 0.3) is 0 Å². The van der Waals surface area contributed by atoms with Crippen LogP contribution in [0.3, 0.4) is 0 Å². The number of para-hydroxylation sites is 1. The third-order valence-electron chi connectivity index (χ3n) is 7.20. The molecule has 0 saturated carbocycles. The molecule has 1 aliphatic rings. The molecule has 0 unspecified atom stereocenters. The molecule has 7 nitrogen and oxygen atoms in total. The highest BCUT2D eigenvalue weighted by atomic mass is 32.2. The second-order valence-corrected chi connectivity index (χ2v) is 11.9. The summed E-state index contributed by atoms with van der Waals surface area (Å²) in [5.41, 5.74) is 8.94. The zero-order valence-electron chi connectivity index (χ0n) is 22.1. The molecule has 4 aromatic rings. The maximum atomic E-state index is 11.8. The van der Waals surface area contributed by atoms with Crippen LogP contribution in [0.25, 0.3) is 5.69 Å². The topological polar surface area (TPSA) is 79.3 Å². The SMILES string of the molecule is Cc1cc(N2C(=S)N[C@H](c3ccccn3)[C@H]2c2c(C)c(C)n(-c3ccccc3)c2C)ccc1NS(C)(=O)=O. The fourth-order valence-electron chi connectivity index (χ4n) is 5.44. The summed E-state index contributed by atoms with van der Waals surface area (Å²) >= 11 is 5.93. The van der Waals surface area contributed by atoms with Crippen LogP contribution >= 0.6 is 12.2 Å². The Balaban J connectivity index is 1.69. The van der Waals surface area contributed by atoms with Gasteiger partial charge in [-0.25, -0.2) is 8.42 Å². The minimum absolute atomic E-state index is 0.172. The second kappa shape index (κ2) is 9.89. The van der Waals surface area contributed by atoms with Gasteiger partial charge in [0.1, 0.15) is 0 Å². The number of anilines is 2. The Bertz CT molecular complexity index is 1620. The number of pyridine rings is 1. The van der Waals surface area contributed by atoms with E-state index in [0.717, 1.165) is 34.6 Å². The summed E-state index contributed by atoms with van der Waals surface area (Å²) in [7, 11) is -3.39. The third-order valence-corrected chi connectivity index (χ3v) is 8.10. The van der Waals surface area contributed by atoms with Gasteiger partial charge in [0.15, 0.2) is 5.11 Å². The minimum Gasteiger partial charge on any atom is -0.351 e. The molecule has 0 amide bonds. The van der Waals surface area contributed by atoms with Crippen molar-refractivity contribution in [3.8, 4) is 5.69 Å². The molecule has 0 spiro atoms. The quantitative estimate of drug-likeness (QED) is 0.305. The number of nitrogens with one attached hydrogen (secondary N) is 2. The van der Waals surface area contributed by atoms with Gasteiger partial charge >= 0.3 is 0 Å². The first kappa shape index (κ1) is 25.9. The summed E-state index contributed by atoms with van der Waals surface area (Å²) in [6, 6.07) is 21.6. The van der Waals surface area contributed by atoms with Crippen molar-refractivity contribution in [1.82, 2.24) is 14.9 Å². The number of hydrogen-bond donors (Lipinski definition) is 2. The molecule has 1 saturated heterocycles. The maximum absolute atomic E-state index is 11.8. The van der Waals surface area contributed by atoms with Gasteiger partial charge < -0.3 is 14.8 Å². The summed E-state index contributed by atoms with van der Waals surface area (Å²) in [5.74, 6) is 0. The highest BCUT2D eigenvalue weighted by molar-refractivity contribution is 7.92. The number of aromatic nitrogens is 2. The highest BCUT2D eigenvalue weighted by Crippen LogP contribution is 2.45. The summed E-state index contributed by atoms with van der Waals surface area (Å²) in [6.45, 7) is 8.36. The Morgan fingerprint density at radius 3 is 2.26 bits per heavy atom. The molecule has 5 rings (SSSR count). The first-order valence-electron chi connectivity index (χ1n) is 12.4. The van der Waals surface area contributed by atoms with Crippen LogP contribution in [0.5, 0.6) is 0 Å². The van der Waals surface area contributed by atoms with E-state index in [0.29, 0.717) is 10.8 Å². The zero-order chi connectivity index (χ0) is 27.2. The number of benzene rings is 2. The molecule has 2 aromatic heterocycles. The fraction of sp³-hybridized carbons (Fsp3) is 0.241. The molecule has 1 aliphatic heterocycles. The molecule has 0 bridgehead atoms. The van der Waals surface area contributed by atoms with Crippen LogP contribution in [0.4, 0.5) is 11.4 Å². The summed E-state index contributed by atoms with van der Waals surface area (Å²) < 4.78 is 28.6. The van der Waals surface area contributed by atoms with Gasteiger partial charge in [0.2, 0.25) is 10.0 Å². The average Bonchev–Trinajstić information content (AvgIpc) is 3.32. The van der Waals surface area contributed by atoms with E-state index in [9.17, 15) is 8.42 Å². The Kier molecular flexibility index (Phi) is 6.75. The molecule has 2 aromatic carbocycles. The van der Waals surface area contributed by atoms with Crippen LogP contribution in [-0.2, 0) is 10.0 Å². The van der Waals surface area contributed by atoms with Crippen LogP contribution in [-0.4, -0.2) is 29.3 Å². The van der Waals surface area contributed by atoms with E-state index in [-0.39, 0.29) is 12.1 Å². The fourth-order valence-corrected chi connectivity index (χ4v) is 6.42. The van der Waals surface area contributed by atoms with Crippen molar-refractivity contribution >= 4 is 38.7 Å². The maximum Gasteiger partial charge on any atom is 0.229 e. The van der Waals surface area contributed by atoms with Gasteiger partial charge in [0, 0.05) is 34.5 Å². The molecular formula is C29H31N5O2S2. The lowest BCUT2D eigenvalue weighted by Crippen LogP contribution is -2.30. The monoisotopic (exact) mass is 545 g/mol. The molecule has 2 atom stereocenters. The van der Waals surface area contributed by atoms with Crippen molar-refractivity contribution in [3.63, 3.8) is 0 Å². The Morgan fingerprint density at radius 1 is 0.921 bits per heavy atom. The molecule has 2 N–H and O–H groups in total. The van der Waals surface area contributed by atoms with E-state index in [1.165, 1.54) is 16.8 Å². The number of thiocarbonyl (C=S) groups is 1. The van der Waals surface area contributed by atoms with Crippen LogP contribution in [0.1, 0.15) is 45.9 Å². The van der Waals surface area contributed by atoms with Crippen molar-refractivity contribution in [3.05, 3.63) is 107 Å². The smallest absolute Gasteiger partial charge is 0.229 e. The molecule has 3 heterocycles. The van der Waals surface area contributed by atoms with Gasteiger partial charge in [-0.3, -0.25) is 9.71 Å². The van der Waals surface area contributed by atoms with Crippen molar-refractivity contribution in [1.29, 1.82) is 0 Å². The number of aryl methyl sites for hydroxylation is 1. The first-order chi connectivity index (χ1) is 18.1. The summed E-state index contributed by atoms with van der Waals surface area (Å²) in [4.78, 5) is 6.82. The zero-order valence-corrected chi connectivity index (χ0v) is 23.7. The van der Waals surface area contributed by atoms with Crippen molar-refractivity contribution in [2.75, 3.05) is 15.9 Å². The van der Waals surface area contributed by atoms with Crippen LogP contribution in [0.2, 0.25) is 0 Å². The minimum atomic E-state index is -3.39. The molecule has 9 heteroatoms. The van der Waals surface area contributed by atoms with Crippen molar-refractivity contribution < 1.29 is 8.42 Å². The molecular weight excluding hydrogens is 514 g/mol. The van der Waals surface area contributed by atoms with E-state index < -0.39 is 10.0 Å². The lowest BCUT2D eigenvalue weighted by molar-refractivity contribution is 0.563. The standard InChI is InChI=1S/C29H31N5O2S2/c1-18-17-23(14-15-24(18)32-38(5,35)36)34-28(27(31-29(34)37)25-13-9-10-16-30-25)26-19(2)20(3)33(21(26)4)22-11-7-6-8-12-22/h6-17,27-28,32H,1-5H3,(H,31,37)/t27-,28-/m1/s1. The third kappa shape index (κ3) is 4.68. The van der Waals surface area contributed by atoms with E-state index in [1.54, 1.807) is 12.3 Å². The first-order valence-corrected chi connectivity index (χ1v) is 14.7.